The fraction of sp³-hybridized carbons (Fsp3) is 0.667. The molecule has 0 aliphatic heterocycles. The number of rotatable bonds is 4. The highest BCUT2D eigenvalue weighted by Gasteiger charge is 2.41. The fourth-order valence-corrected chi connectivity index (χ4v) is 3.57. The quantitative estimate of drug-likeness (QED) is 0.906. The third-order valence-electron chi connectivity index (χ3n) is 5.36. The summed E-state index contributed by atoms with van der Waals surface area (Å²) in [6.45, 7) is 4.56. The molecular weight excluding hydrogens is 244 g/mol. The van der Waals surface area contributed by atoms with Gasteiger partial charge in [0.1, 0.15) is 0 Å². The largest absolute Gasteiger partial charge is 0.322 e. The number of likely N-dealkylation sites (N-methyl/N-ethyl adjacent to an activating group) is 1. The van der Waals surface area contributed by atoms with E-state index in [0.717, 1.165) is 12.3 Å². The van der Waals surface area contributed by atoms with Gasteiger partial charge in [0.25, 0.3) is 0 Å². The van der Waals surface area contributed by atoms with Crippen LogP contribution < -0.4 is 5.73 Å². The molecule has 1 aromatic rings. The van der Waals surface area contributed by atoms with E-state index in [4.69, 9.17) is 5.73 Å². The minimum absolute atomic E-state index is 0.107. The van der Waals surface area contributed by atoms with Crippen molar-refractivity contribution in [3.8, 4) is 0 Å². The van der Waals surface area contributed by atoms with Crippen molar-refractivity contribution < 1.29 is 0 Å². The van der Waals surface area contributed by atoms with Gasteiger partial charge in [-0.15, -0.1) is 0 Å². The molecule has 112 valence electrons. The highest BCUT2D eigenvalue weighted by Crippen LogP contribution is 2.42. The van der Waals surface area contributed by atoms with Gasteiger partial charge in [-0.1, -0.05) is 38.1 Å². The van der Waals surface area contributed by atoms with Crippen LogP contribution in [0.4, 0.5) is 0 Å². The maximum atomic E-state index is 6.70. The lowest BCUT2D eigenvalue weighted by Gasteiger charge is -2.48. The van der Waals surface area contributed by atoms with E-state index in [9.17, 15) is 0 Å². The van der Waals surface area contributed by atoms with Gasteiger partial charge in [-0.3, -0.25) is 0 Å². The highest BCUT2D eigenvalue weighted by molar-refractivity contribution is 5.28. The smallest absolute Gasteiger partial charge is 0.0481 e. The maximum absolute atomic E-state index is 6.70. The van der Waals surface area contributed by atoms with E-state index in [1.807, 2.05) is 0 Å². The van der Waals surface area contributed by atoms with E-state index in [1.165, 1.54) is 36.8 Å². The first-order valence-corrected chi connectivity index (χ1v) is 8.01. The summed E-state index contributed by atoms with van der Waals surface area (Å²) in [6, 6.07) is 9.02. The summed E-state index contributed by atoms with van der Waals surface area (Å²) in [5.41, 5.74) is 9.50. The standard InChI is InChI=1S/C18H30N2/c1-5-15-6-8-16(9-7-15)17(19)18(20(3)4)12-10-14(2)11-13-18/h6-9,14,17H,5,10-13,19H2,1-4H3. The van der Waals surface area contributed by atoms with E-state index in [2.05, 4.69) is 57.1 Å². The van der Waals surface area contributed by atoms with Crippen LogP contribution in [-0.2, 0) is 6.42 Å². The van der Waals surface area contributed by atoms with Crippen molar-refractivity contribution in [1.29, 1.82) is 0 Å². The summed E-state index contributed by atoms with van der Waals surface area (Å²) in [6.07, 6.45) is 6.08. The fourth-order valence-electron chi connectivity index (χ4n) is 3.57. The molecule has 1 atom stereocenters. The molecule has 20 heavy (non-hydrogen) atoms. The predicted molar refractivity (Wildman–Crippen MR) is 86.8 cm³/mol. The molecule has 1 aliphatic carbocycles. The second kappa shape index (κ2) is 6.28. The normalized spacial score (nSPS) is 28.6. The molecule has 1 fully saturated rings. The van der Waals surface area contributed by atoms with Crippen molar-refractivity contribution in [1.82, 2.24) is 4.90 Å². The molecule has 1 unspecified atom stereocenters. The second-order valence-electron chi connectivity index (χ2n) is 6.75. The molecule has 0 spiro atoms. The van der Waals surface area contributed by atoms with Crippen LogP contribution in [-0.4, -0.2) is 24.5 Å². The van der Waals surface area contributed by atoms with Gasteiger partial charge >= 0.3 is 0 Å². The number of nitrogens with two attached hydrogens (primary N) is 1. The Labute approximate surface area is 124 Å². The zero-order valence-electron chi connectivity index (χ0n) is 13.5. The van der Waals surface area contributed by atoms with Crippen LogP contribution in [0.15, 0.2) is 24.3 Å². The lowest BCUT2D eigenvalue weighted by atomic mass is 9.70. The molecule has 1 aromatic carbocycles. The molecule has 0 saturated heterocycles. The van der Waals surface area contributed by atoms with E-state index >= 15 is 0 Å². The van der Waals surface area contributed by atoms with Gasteiger partial charge in [0.05, 0.1) is 0 Å². The number of benzene rings is 1. The Hall–Kier alpha value is -0.860. The lowest BCUT2D eigenvalue weighted by molar-refractivity contribution is 0.0564. The molecule has 0 heterocycles. The first kappa shape index (κ1) is 15.5. The summed E-state index contributed by atoms with van der Waals surface area (Å²) in [5, 5.41) is 0. The van der Waals surface area contributed by atoms with Crippen molar-refractivity contribution in [2.45, 2.75) is 57.5 Å². The minimum Gasteiger partial charge on any atom is -0.322 e. The summed E-state index contributed by atoms with van der Waals surface area (Å²) < 4.78 is 0. The van der Waals surface area contributed by atoms with Gasteiger partial charge in [-0.25, -0.2) is 0 Å². The summed E-state index contributed by atoms with van der Waals surface area (Å²) in [4.78, 5) is 2.37. The zero-order chi connectivity index (χ0) is 14.8. The molecule has 0 aromatic heterocycles. The Morgan fingerprint density at radius 2 is 1.75 bits per heavy atom. The average Bonchev–Trinajstić information content (AvgIpc) is 2.47. The van der Waals surface area contributed by atoms with E-state index in [-0.39, 0.29) is 11.6 Å². The Kier molecular flexibility index (Phi) is 4.87. The van der Waals surface area contributed by atoms with Crippen LogP contribution >= 0.6 is 0 Å². The van der Waals surface area contributed by atoms with Gasteiger partial charge in [0.15, 0.2) is 0 Å². The van der Waals surface area contributed by atoms with E-state index in [1.54, 1.807) is 0 Å². The summed E-state index contributed by atoms with van der Waals surface area (Å²) in [5.74, 6) is 0.845. The summed E-state index contributed by atoms with van der Waals surface area (Å²) >= 11 is 0. The topological polar surface area (TPSA) is 29.3 Å². The zero-order valence-corrected chi connectivity index (χ0v) is 13.5. The number of aryl methyl sites for hydroxylation is 1. The SMILES string of the molecule is CCc1ccc(C(N)C2(N(C)C)CCC(C)CC2)cc1. The van der Waals surface area contributed by atoms with Crippen LogP contribution in [0.3, 0.4) is 0 Å². The van der Waals surface area contributed by atoms with Crippen LogP contribution in [0.5, 0.6) is 0 Å². The maximum Gasteiger partial charge on any atom is 0.0481 e. The first-order valence-electron chi connectivity index (χ1n) is 8.01. The molecule has 0 bridgehead atoms. The Morgan fingerprint density at radius 3 is 2.20 bits per heavy atom. The Morgan fingerprint density at radius 1 is 1.20 bits per heavy atom. The molecule has 1 saturated carbocycles. The van der Waals surface area contributed by atoms with Crippen LogP contribution in [0.25, 0.3) is 0 Å². The van der Waals surface area contributed by atoms with Gasteiger partial charge in [0.2, 0.25) is 0 Å². The second-order valence-corrected chi connectivity index (χ2v) is 6.75. The van der Waals surface area contributed by atoms with Gasteiger partial charge in [-0.05, 0) is 63.2 Å². The predicted octanol–water partition coefficient (Wildman–Crippen LogP) is 3.76. The molecule has 2 rings (SSSR count). The Bertz CT molecular complexity index is 414. The molecule has 0 amide bonds. The lowest BCUT2D eigenvalue weighted by Crippen LogP contribution is -2.54. The molecule has 0 radical (unpaired) electrons. The molecule has 1 aliphatic rings. The molecule has 2 N–H and O–H groups in total. The van der Waals surface area contributed by atoms with Crippen LogP contribution in [0.2, 0.25) is 0 Å². The first-order chi connectivity index (χ1) is 9.49. The van der Waals surface area contributed by atoms with Crippen molar-refractivity contribution in [2.75, 3.05) is 14.1 Å². The van der Waals surface area contributed by atoms with Gasteiger partial charge in [0, 0.05) is 11.6 Å². The van der Waals surface area contributed by atoms with Crippen LogP contribution in [0.1, 0.15) is 56.7 Å². The van der Waals surface area contributed by atoms with Gasteiger partial charge < -0.3 is 10.6 Å². The van der Waals surface area contributed by atoms with Crippen molar-refractivity contribution in [3.63, 3.8) is 0 Å². The average molecular weight is 274 g/mol. The van der Waals surface area contributed by atoms with E-state index in [0.29, 0.717) is 0 Å². The Balaban J connectivity index is 2.24. The minimum atomic E-state index is 0.107. The highest BCUT2D eigenvalue weighted by atomic mass is 15.2. The number of hydrogen-bond donors (Lipinski definition) is 1. The van der Waals surface area contributed by atoms with Crippen LogP contribution in [0, 0.1) is 5.92 Å². The van der Waals surface area contributed by atoms with E-state index < -0.39 is 0 Å². The van der Waals surface area contributed by atoms with Crippen molar-refractivity contribution in [3.05, 3.63) is 35.4 Å². The molecular formula is C18H30N2. The molecule has 2 heteroatoms. The third-order valence-corrected chi connectivity index (χ3v) is 5.36. The number of hydrogen-bond acceptors (Lipinski definition) is 2. The van der Waals surface area contributed by atoms with Crippen molar-refractivity contribution in [2.24, 2.45) is 11.7 Å². The third kappa shape index (κ3) is 2.91. The molecule has 2 nitrogen and oxygen atoms in total. The monoisotopic (exact) mass is 274 g/mol. The van der Waals surface area contributed by atoms with Gasteiger partial charge in [-0.2, -0.15) is 0 Å². The number of nitrogens with zero attached hydrogens (tertiary/aromatic N) is 1. The van der Waals surface area contributed by atoms with Crippen molar-refractivity contribution >= 4 is 0 Å². The summed E-state index contributed by atoms with van der Waals surface area (Å²) in [7, 11) is 4.38.